The summed E-state index contributed by atoms with van der Waals surface area (Å²) in [6.07, 6.45) is 6.97. The van der Waals surface area contributed by atoms with Crippen molar-refractivity contribution < 1.29 is 14.7 Å². The Morgan fingerprint density at radius 2 is 1.74 bits per heavy atom. The molecule has 108 valence electrons. The Labute approximate surface area is 114 Å². The summed E-state index contributed by atoms with van der Waals surface area (Å²) in [6.45, 7) is 0.736. The van der Waals surface area contributed by atoms with E-state index in [2.05, 4.69) is 10.6 Å². The van der Waals surface area contributed by atoms with Crippen LogP contribution in [0.5, 0.6) is 0 Å². The van der Waals surface area contributed by atoms with E-state index in [1.165, 1.54) is 12.8 Å². The Balaban J connectivity index is 1.61. The Morgan fingerprint density at radius 3 is 2.37 bits per heavy atom. The lowest BCUT2D eigenvalue weighted by atomic mass is 9.82. The van der Waals surface area contributed by atoms with Gasteiger partial charge in [-0.3, -0.25) is 9.59 Å². The summed E-state index contributed by atoms with van der Waals surface area (Å²) in [6, 6.07) is 0. The number of amides is 2. The van der Waals surface area contributed by atoms with Gasteiger partial charge in [-0.1, -0.05) is 19.3 Å². The van der Waals surface area contributed by atoms with Crippen molar-refractivity contribution in [1.82, 2.24) is 10.6 Å². The second-order valence-electron chi connectivity index (χ2n) is 5.99. The predicted molar refractivity (Wildman–Crippen MR) is 71.4 cm³/mol. The van der Waals surface area contributed by atoms with Crippen molar-refractivity contribution in [2.75, 3.05) is 13.1 Å². The van der Waals surface area contributed by atoms with E-state index in [1.54, 1.807) is 0 Å². The van der Waals surface area contributed by atoms with Crippen molar-refractivity contribution in [3.63, 3.8) is 0 Å². The molecule has 2 fully saturated rings. The maximum atomic E-state index is 11.7. The fraction of sp³-hybridized carbons (Fsp3) is 0.857. The minimum absolute atomic E-state index is 0.0155. The summed E-state index contributed by atoms with van der Waals surface area (Å²) in [4.78, 5) is 23.2. The Hall–Kier alpha value is -1.10. The molecule has 0 heterocycles. The van der Waals surface area contributed by atoms with Gasteiger partial charge in [0.15, 0.2) is 0 Å². The molecule has 0 atom stereocenters. The number of rotatable bonds is 6. The van der Waals surface area contributed by atoms with Gasteiger partial charge >= 0.3 is 0 Å². The van der Waals surface area contributed by atoms with Crippen LogP contribution in [0.1, 0.15) is 51.4 Å². The monoisotopic (exact) mass is 268 g/mol. The fourth-order valence-corrected chi connectivity index (χ4v) is 2.57. The van der Waals surface area contributed by atoms with Crippen LogP contribution in [-0.4, -0.2) is 35.6 Å². The number of carbonyl (C=O) groups excluding carboxylic acids is 2. The first kappa shape index (κ1) is 14.3. The first-order chi connectivity index (χ1) is 9.07. The van der Waals surface area contributed by atoms with Gasteiger partial charge in [-0.2, -0.15) is 0 Å². The molecule has 2 aliphatic rings. The van der Waals surface area contributed by atoms with E-state index in [1.807, 2.05) is 0 Å². The molecule has 0 radical (unpaired) electrons. The minimum Gasteiger partial charge on any atom is -0.389 e. The number of nitrogens with one attached hydrogen (secondary N) is 2. The van der Waals surface area contributed by atoms with Crippen molar-refractivity contribution in [3.05, 3.63) is 0 Å². The van der Waals surface area contributed by atoms with Gasteiger partial charge in [0.05, 0.1) is 18.6 Å². The van der Waals surface area contributed by atoms with E-state index in [0.717, 1.165) is 25.8 Å². The molecule has 5 heteroatoms. The molecule has 0 aromatic rings. The van der Waals surface area contributed by atoms with Crippen molar-refractivity contribution in [2.24, 2.45) is 5.92 Å². The van der Waals surface area contributed by atoms with Crippen LogP contribution in [0.3, 0.4) is 0 Å². The maximum Gasteiger partial charge on any atom is 0.239 e. The van der Waals surface area contributed by atoms with Gasteiger partial charge < -0.3 is 15.7 Å². The average molecular weight is 268 g/mol. The molecule has 0 spiro atoms. The lowest BCUT2D eigenvalue weighted by molar-refractivity contribution is -0.130. The molecule has 5 nitrogen and oxygen atoms in total. The third-order valence-corrected chi connectivity index (χ3v) is 4.00. The third kappa shape index (κ3) is 5.19. The van der Waals surface area contributed by atoms with E-state index in [-0.39, 0.29) is 24.8 Å². The third-order valence-electron chi connectivity index (χ3n) is 4.00. The van der Waals surface area contributed by atoms with Crippen molar-refractivity contribution in [2.45, 2.75) is 57.0 Å². The van der Waals surface area contributed by atoms with Crippen LogP contribution in [0.2, 0.25) is 0 Å². The molecule has 0 bridgehead atoms. The standard InChI is InChI=1S/C14H24N2O3/c17-12(8-14(19)6-2-1-3-7-14)16-10-13(18)15-9-11-4-5-11/h11,19H,1-10H2,(H,15,18)(H,16,17). The van der Waals surface area contributed by atoms with Crippen LogP contribution < -0.4 is 10.6 Å². The summed E-state index contributed by atoms with van der Waals surface area (Å²) in [5.74, 6) is 0.268. The topological polar surface area (TPSA) is 78.4 Å². The normalized spacial score (nSPS) is 21.7. The molecule has 0 saturated heterocycles. The molecule has 0 unspecified atom stereocenters. The van der Waals surface area contributed by atoms with Gasteiger partial charge in [-0.05, 0) is 31.6 Å². The van der Waals surface area contributed by atoms with E-state index < -0.39 is 5.60 Å². The zero-order chi connectivity index (χ0) is 13.7. The molecule has 2 saturated carbocycles. The predicted octanol–water partition coefficient (Wildman–Crippen LogP) is 0.714. The highest BCUT2D eigenvalue weighted by atomic mass is 16.3. The van der Waals surface area contributed by atoms with Crippen LogP contribution in [0.15, 0.2) is 0 Å². The molecule has 3 N–H and O–H groups in total. The van der Waals surface area contributed by atoms with Gasteiger partial charge in [0, 0.05) is 6.54 Å². The zero-order valence-electron chi connectivity index (χ0n) is 11.4. The number of carbonyl (C=O) groups is 2. The van der Waals surface area contributed by atoms with Crippen molar-refractivity contribution in [1.29, 1.82) is 0 Å². The highest BCUT2D eigenvalue weighted by molar-refractivity contribution is 5.85. The van der Waals surface area contributed by atoms with Crippen LogP contribution in [0.4, 0.5) is 0 Å². The second kappa shape index (κ2) is 6.37. The van der Waals surface area contributed by atoms with Crippen LogP contribution in [-0.2, 0) is 9.59 Å². The average Bonchev–Trinajstić information content (AvgIpc) is 3.18. The molecular formula is C14H24N2O3. The van der Waals surface area contributed by atoms with Gasteiger partial charge in [0.1, 0.15) is 0 Å². The van der Waals surface area contributed by atoms with E-state index >= 15 is 0 Å². The summed E-state index contributed by atoms with van der Waals surface area (Å²) >= 11 is 0. The molecule has 2 aliphatic carbocycles. The highest BCUT2D eigenvalue weighted by Crippen LogP contribution is 2.30. The van der Waals surface area contributed by atoms with E-state index in [4.69, 9.17) is 0 Å². The van der Waals surface area contributed by atoms with Crippen molar-refractivity contribution in [3.8, 4) is 0 Å². The summed E-state index contributed by atoms with van der Waals surface area (Å²) in [7, 11) is 0. The van der Waals surface area contributed by atoms with Crippen LogP contribution in [0, 0.1) is 5.92 Å². The fourth-order valence-electron chi connectivity index (χ4n) is 2.57. The molecule has 19 heavy (non-hydrogen) atoms. The first-order valence-corrected chi connectivity index (χ1v) is 7.33. The molecular weight excluding hydrogens is 244 g/mol. The minimum atomic E-state index is -0.854. The summed E-state index contributed by atoms with van der Waals surface area (Å²) < 4.78 is 0. The smallest absolute Gasteiger partial charge is 0.239 e. The molecule has 0 aromatic carbocycles. The van der Waals surface area contributed by atoms with Crippen LogP contribution in [0.25, 0.3) is 0 Å². The molecule has 0 aromatic heterocycles. The number of hydrogen-bond donors (Lipinski definition) is 3. The lowest BCUT2D eigenvalue weighted by Crippen LogP contribution is -2.42. The molecule has 0 aliphatic heterocycles. The lowest BCUT2D eigenvalue weighted by Gasteiger charge is -2.31. The summed E-state index contributed by atoms with van der Waals surface area (Å²) in [5.41, 5.74) is -0.854. The Morgan fingerprint density at radius 1 is 1.05 bits per heavy atom. The summed E-state index contributed by atoms with van der Waals surface area (Å²) in [5, 5.41) is 15.6. The largest absolute Gasteiger partial charge is 0.389 e. The Bertz CT molecular complexity index is 334. The second-order valence-corrected chi connectivity index (χ2v) is 5.99. The molecule has 2 rings (SSSR count). The quantitative estimate of drug-likeness (QED) is 0.664. The zero-order valence-corrected chi connectivity index (χ0v) is 11.4. The van der Waals surface area contributed by atoms with Gasteiger partial charge in [0.2, 0.25) is 11.8 Å². The maximum absolute atomic E-state index is 11.7. The van der Waals surface area contributed by atoms with Gasteiger partial charge in [0.25, 0.3) is 0 Å². The molecule has 2 amide bonds. The number of hydrogen-bond acceptors (Lipinski definition) is 3. The Kier molecular flexibility index (Phi) is 4.80. The van der Waals surface area contributed by atoms with Gasteiger partial charge in [-0.15, -0.1) is 0 Å². The van der Waals surface area contributed by atoms with E-state index in [0.29, 0.717) is 18.8 Å². The SMILES string of the molecule is O=C(CNC(=O)CC1(O)CCCCC1)NCC1CC1. The van der Waals surface area contributed by atoms with Crippen LogP contribution >= 0.6 is 0 Å². The van der Waals surface area contributed by atoms with E-state index in [9.17, 15) is 14.7 Å². The van der Waals surface area contributed by atoms with Crippen molar-refractivity contribution >= 4 is 11.8 Å². The van der Waals surface area contributed by atoms with Gasteiger partial charge in [-0.25, -0.2) is 0 Å². The first-order valence-electron chi connectivity index (χ1n) is 7.33. The number of aliphatic hydroxyl groups is 1. The highest BCUT2D eigenvalue weighted by Gasteiger charge is 2.31.